The first-order valence-corrected chi connectivity index (χ1v) is 9.61. The van der Waals surface area contributed by atoms with Crippen molar-refractivity contribution < 1.29 is 26.5 Å². The predicted octanol–water partition coefficient (Wildman–Crippen LogP) is 3.19. The number of rotatable bonds is 6. The van der Waals surface area contributed by atoms with Crippen molar-refractivity contribution in [3.05, 3.63) is 33.9 Å². The van der Waals surface area contributed by atoms with Crippen LogP contribution in [0.5, 0.6) is 0 Å². The standard InChI is InChI=1S/C15H20F3N3O4S.ClH/c1-2-9-20(11-5-7-19-8-6-11)26(24,25)14-4-3-12(21(22)23)10-13(14)15(16,17)18;/h3-4,10-11,19H,2,5-9H2,1H3;1H. The van der Waals surface area contributed by atoms with Crippen LogP contribution in [0.25, 0.3) is 0 Å². The third-order valence-corrected chi connectivity index (χ3v) is 6.24. The molecule has 0 bridgehead atoms. The van der Waals surface area contributed by atoms with Gasteiger partial charge in [0.25, 0.3) is 5.69 Å². The fourth-order valence-electron chi connectivity index (χ4n) is 3.02. The van der Waals surface area contributed by atoms with E-state index in [1.807, 2.05) is 0 Å². The zero-order chi connectivity index (χ0) is 19.5. The minimum Gasteiger partial charge on any atom is -0.317 e. The molecule has 1 fully saturated rings. The maximum Gasteiger partial charge on any atom is 0.417 e. The van der Waals surface area contributed by atoms with Crippen LogP contribution >= 0.6 is 12.4 Å². The number of benzene rings is 1. The number of non-ortho nitro benzene ring substituents is 1. The summed E-state index contributed by atoms with van der Waals surface area (Å²) >= 11 is 0. The number of nitrogens with one attached hydrogen (secondary N) is 1. The lowest BCUT2D eigenvalue weighted by molar-refractivity contribution is -0.385. The molecule has 0 unspecified atom stereocenters. The summed E-state index contributed by atoms with van der Waals surface area (Å²) in [5.74, 6) is 0. The first kappa shape index (κ1) is 23.6. The van der Waals surface area contributed by atoms with Gasteiger partial charge in [0, 0.05) is 24.7 Å². The summed E-state index contributed by atoms with van der Waals surface area (Å²) in [6, 6.07) is 1.34. The van der Waals surface area contributed by atoms with Gasteiger partial charge in [-0.15, -0.1) is 12.4 Å². The lowest BCUT2D eigenvalue weighted by atomic mass is 10.1. The van der Waals surface area contributed by atoms with Crippen molar-refractivity contribution in [2.45, 2.75) is 43.3 Å². The van der Waals surface area contributed by atoms with Crippen LogP contribution in [0.1, 0.15) is 31.7 Å². The summed E-state index contributed by atoms with van der Waals surface area (Å²) in [5, 5.41) is 13.9. The molecule has 27 heavy (non-hydrogen) atoms. The van der Waals surface area contributed by atoms with Crippen molar-refractivity contribution in [1.29, 1.82) is 0 Å². The van der Waals surface area contributed by atoms with E-state index in [0.717, 1.165) is 10.4 Å². The second-order valence-electron chi connectivity index (χ2n) is 6.03. The number of nitro benzene ring substituents is 1. The maximum absolute atomic E-state index is 13.4. The number of hydrogen-bond donors (Lipinski definition) is 1. The molecule has 1 aromatic rings. The summed E-state index contributed by atoms with van der Waals surface area (Å²) in [5.41, 5.74) is -2.32. The van der Waals surface area contributed by atoms with Gasteiger partial charge in [-0.3, -0.25) is 10.1 Å². The molecule has 1 saturated heterocycles. The summed E-state index contributed by atoms with van der Waals surface area (Å²) in [7, 11) is -4.46. The van der Waals surface area contributed by atoms with E-state index in [1.54, 1.807) is 6.92 Å². The lowest BCUT2D eigenvalue weighted by Crippen LogP contribution is -2.46. The Bertz CT molecular complexity index is 768. The molecule has 0 atom stereocenters. The SMILES string of the molecule is CCCN(C1CCNCC1)S(=O)(=O)c1ccc([N+](=O)[O-])cc1C(F)(F)F.Cl. The topological polar surface area (TPSA) is 92.6 Å². The first-order chi connectivity index (χ1) is 12.1. The van der Waals surface area contributed by atoms with Gasteiger partial charge in [-0.2, -0.15) is 17.5 Å². The molecular formula is C15H21ClF3N3O4S. The fraction of sp³-hybridized carbons (Fsp3) is 0.600. The Balaban J connectivity index is 0.00000364. The van der Waals surface area contributed by atoms with Crippen LogP contribution in [0.3, 0.4) is 0 Å². The third kappa shape index (κ3) is 5.31. The van der Waals surface area contributed by atoms with E-state index in [0.29, 0.717) is 38.4 Å². The summed E-state index contributed by atoms with van der Waals surface area (Å²) in [4.78, 5) is 8.87. The zero-order valence-electron chi connectivity index (χ0n) is 14.5. The minimum absolute atomic E-state index is 0. The van der Waals surface area contributed by atoms with Gasteiger partial charge in [0.1, 0.15) is 0 Å². The molecule has 0 aromatic heterocycles. The normalized spacial score (nSPS) is 16.2. The van der Waals surface area contributed by atoms with E-state index in [-0.39, 0.29) is 25.0 Å². The Morgan fingerprint density at radius 2 is 1.89 bits per heavy atom. The van der Waals surface area contributed by atoms with Gasteiger partial charge in [0.2, 0.25) is 10.0 Å². The van der Waals surface area contributed by atoms with Gasteiger partial charge in [-0.1, -0.05) is 6.92 Å². The van der Waals surface area contributed by atoms with Crippen molar-refractivity contribution >= 4 is 28.1 Å². The van der Waals surface area contributed by atoms with Gasteiger partial charge in [0.05, 0.1) is 15.4 Å². The summed E-state index contributed by atoms with van der Waals surface area (Å²) in [6.45, 7) is 2.98. The van der Waals surface area contributed by atoms with Gasteiger partial charge in [-0.25, -0.2) is 8.42 Å². The highest BCUT2D eigenvalue weighted by Crippen LogP contribution is 2.38. The quantitative estimate of drug-likeness (QED) is 0.551. The molecule has 0 saturated carbocycles. The molecule has 1 heterocycles. The largest absolute Gasteiger partial charge is 0.417 e. The maximum atomic E-state index is 13.4. The Labute approximate surface area is 161 Å². The lowest BCUT2D eigenvalue weighted by Gasteiger charge is -2.34. The molecule has 1 aromatic carbocycles. The van der Waals surface area contributed by atoms with Gasteiger partial charge in [0.15, 0.2) is 0 Å². The smallest absolute Gasteiger partial charge is 0.317 e. The summed E-state index contributed by atoms with van der Waals surface area (Å²) < 4.78 is 67.3. The highest BCUT2D eigenvalue weighted by atomic mass is 35.5. The van der Waals surface area contributed by atoms with Crippen LogP contribution in [0, 0.1) is 10.1 Å². The number of sulfonamides is 1. The van der Waals surface area contributed by atoms with Crippen LogP contribution in [0.4, 0.5) is 18.9 Å². The molecule has 0 aliphatic carbocycles. The van der Waals surface area contributed by atoms with Crippen LogP contribution in [-0.2, 0) is 16.2 Å². The number of nitro groups is 1. The van der Waals surface area contributed by atoms with E-state index >= 15 is 0 Å². The number of alkyl halides is 3. The Morgan fingerprint density at radius 1 is 1.30 bits per heavy atom. The van der Waals surface area contributed by atoms with Crippen molar-refractivity contribution in [1.82, 2.24) is 9.62 Å². The zero-order valence-corrected chi connectivity index (χ0v) is 16.2. The van der Waals surface area contributed by atoms with Gasteiger partial charge in [-0.05, 0) is 38.4 Å². The summed E-state index contributed by atoms with van der Waals surface area (Å²) in [6.07, 6.45) is -3.60. The second kappa shape index (κ2) is 9.18. The Kier molecular flexibility index (Phi) is 8.02. The molecule has 2 rings (SSSR count). The highest BCUT2D eigenvalue weighted by Gasteiger charge is 2.42. The van der Waals surface area contributed by atoms with E-state index in [4.69, 9.17) is 0 Å². The van der Waals surface area contributed by atoms with E-state index in [9.17, 15) is 31.7 Å². The minimum atomic E-state index is -5.03. The molecule has 7 nitrogen and oxygen atoms in total. The molecule has 0 radical (unpaired) electrons. The average molecular weight is 432 g/mol. The van der Waals surface area contributed by atoms with Crippen molar-refractivity contribution in [3.63, 3.8) is 0 Å². The molecule has 0 spiro atoms. The average Bonchev–Trinajstić information content (AvgIpc) is 2.59. The van der Waals surface area contributed by atoms with E-state index in [2.05, 4.69) is 5.32 Å². The van der Waals surface area contributed by atoms with Crippen molar-refractivity contribution in [2.24, 2.45) is 0 Å². The number of halogens is 4. The molecule has 1 N–H and O–H groups in total. The van der Waals surface area contributed by atoms with E-state index in [1.165, 1.54) is 0 Å². The highest BCUT2D eigenvalue weighted by molar-refractivity contribution is 7.89. The molecular weight excluding hydrogens is 411 g/mol. The molecule has 0 amide bonds. The number of hydrogen-bond acceptors (Lipinski definition) is 5. The monoisotopic (exact) mass is 431 g/mol. The van der Waals surface area contributed by atoms with Crippen LogP contribution in [0.15, 0.2) is 23.1 Å². The predicted molar refractivity (Wildman–Crippen MR) is 95.4 cm³/mol. The first-order valence-electron chi connectivity index (χ1n) is 8.17. The van der Waals surface area contributed by atoms with Crippen LogP contribution < -0.4 is 5.32 Å². The number of piperidine rings is 1. The van der Waals surface area contributed by atoms with Crippen molar-refractivity contribution in [3.8, 4) is 0 Å². The molecule has 1 aliphatic rings. The fourth-order valence-corrected chi connectivity index (χ4v) is 4.99. The Hall–Kier alpha value is -1.43. The van der Waals surface area contributed by atoms with Crippen LogP contribution in [-0.4, -0.2) is 43.3 Å². The van der Waals surface area contributed by atoms with Gasteiger partial charge < -0.3 is 5.32 Å². The molecule has 12 heteroatoms. The van der Waals surface area contributed by atoms with Crippen molar-refractivity contribution in [2.75, 3.05) is 19.6 Å². The van der Waals surface area contributed by atoms with E-state index < -0.39 is 43.3 Å². The molecule has 154 valence electrons. The van der Waals surface area contributed by atoms with Crippen LogP contribution in [0.2, 0.25) is 0 Å². The molecule has 1 aliphatic heterocycles. The second-order valence-corrected chi connectivity index (χ2v) is 7.89. The Morgan fingerprint density at radius 3 is 2.37 bits per heavy atom. The third-order valence-electron chi connectivity index (χ3n) is 4.23. The van der Waals surface area contributed by atoms with Gasteiger partial charge >= 0.3 is 6.18 Å². The number of nitrogens with zero attached hydrogens (tertiary/aromatic N) is 2.